The predicted octanol–water partition coefficient (Wildman–Crippen LogP) is 7.28. The fourth-order valence-corrected chi connectivity index (χ4v) is 13.3. The minimum Gasteiger partial charge on any atom is -0.444 e. The van der Waals surface area contributed by atoms with Crippen molar-refractivity contribution < 1.29 is 28.2 Å². The van der Waals surface area contributed by atoms with Crippen LogP contribution in [0.3, 0.4) is 0 Å². The van der Waals surface area contributed by atoms with E-state index in [9.17, 15) is 9.59 Å². The zero-order valence-corrected chi connectivity index (χ0v) is 37.3. The number of thiophene rings is 1. The lowest BCUT2D eigenvalue weighted by molar-refractivity contribution is -0.127. The van der Waals surface area contributed by atoms with E-state index in [0.717, 1.165) is 26.1 Å². The summed E-state index contributed by atoms with van der Waals surface area (Å²) >= 11 is 1.26. The number of Topliss-reactive ketones (excluding diaryl/α,β-unsaturated/α-hetero) is 1. The third-order valence-corrected chi connectivity index (χ3v) is 17.7. The minimum atomic E-state index is -3.63. The molecule has 1 N–H and O–H groups in total. The van der Waals surface area contributed by atoms with Gasteiger partial charge in [-0.3, -0.25) is 14.2 Å². The second-order valence-corrected chi connectivity index (χ2v) is 22.0. The zero-order chi connectivity index (χ0) is 42.8. The number of aromatic nitrogens is 3. The first kappa shape index (κ1) is 43.3. The van der Waals surface area contributed by atoms with E-state index in [1.165, 1.54) is 23.8 Å². The molecule has 13 heteroatoms. The summed E-state index contributed by atoms with van der Waals surface area (Å²) in [6, 6.07) is 26.9. The van der Waals surface area contributed by atoms with Gasteiger partial charge >= 0.3 is 5.69 Å². The maximum Gasteiger partial charge on any atom is 0.333 e. The quantitative estimate of drug-likeness (QED) is 0.0998. The number of fused-ring (bicyclic) bond motifs is 1. The van der Waals surface area contributed by atoms with Gasteiger partial charge in [-0.05, 0) is 79.6 Å². The number of rotatable bonds is 16. The van der Waals surface area contributed by atoms with Crippen LogP contribution in [0.1, 0.15) is 83.6 Å². The Balaban J connectivity index is 1.38. The summed E-state index contributed by atoms with van der Waals surface area (Å²) in [5, 5.41) is 0.844. The molecule has 3 aromatic heterocycles. The fraction of sp³-hybridized carbons (Fsp3) is 0.404. The van der Waals surface area contributed by atoms with Crippen molar-refractivity contribution in [2.24, 2.45) is 0 Å². The van der Waals surface area contributed by atoms with Crippen LogP contribution in [0.4, 0.5) is 0 Å². The number of benzene rings is 3. The van der Waals surface area contributed by atoms with Crippen LogP contribution < -0.4 is 21.6 Å². The summed E-state index contributed by atoms with van der Waals surface area (Å²) in [5.41, 5.74) is -0.473. The summed E-state index contributed by atoms with van der Waals surface area (Å²) in [6.07, 6.45) is 3.51. The van der Waals surface area contributed by atoms with E-state index in [4.69, 9.17) is 18.6 Å². The third-order valence-electron chi connectivity index (χ3n) is 11.9. The van der Waals surface area contributed by atoms with Crippen LogP contribution in [-0.2, 0) is 37.7 Å². The Bertz CT molecular complexity index is 2500. The van der Waals surface area contributed by atoms with E-state index in [0.29, 0.717) is 59.2 Å². The van der Waals surface area contributed by atoms with Crippen molar-refractivity contribution in [3.05, 3.63) is 135 Å². The molecule has 1 aliphatic rings. The van der Waals surface area contributed by atoms with Crippen molar-refractivity contribution in [3.8, 4) is 10.8 Å². The molecule has 3 aromatic carbocycles. The van der Waals surface area contributed by atoms with E-state index in [1.54, 1.807) is 18.4 Å². The molecule has 0 radical (unpaired) electrons. The average Bonchev–Trinajstić information content (AvgIpc) is 3.90. The van der Waals surface area contributed by atoms with Crippen LogP contribution >= 0.6 is 11.3 Å². The number of hydrogen-bond acceptors (Lipinski definition) is 10. The number of nitrogens with zero attached hydrogens (tertiary/aromatic N) is 3. The number of aryl methyl sites for hydroxylation is 1. The molecular weight excluding hydrogens is 795 g/mol. The van der Waals surface area contributed by atoms with E-state index >= 15 is 9.59 Å². The molecule has 60 heavy (non-hydrogen) atoms. The van der Waals surface area contributed by atoms with Crippen LogP contribution in [0.25, 0.3) is 21.0 Å². The Hall–Kier alpha value is -4.76. The average molecular weight is 850 g/mol. The van der Waals surface area contributed by atoms with Gasteiger partial charge in [0.05, 0.1) is 41.8 Å². The minimum absolute atomic E-state index is 0.00904. The number of ketones is 1. The predicted molar refractivity (Wildman–Crippen MR) is 238 cm³/mol. The molecule has 7 rings (SSSR count). The molecule has 11 nitrogen and oxygen atoms in total. The van der Waals surface area contributed by atoms with Crippen molar-refractivity contribution in [2.75, 3.05) is 13.2 Å². The largest absolute Gasteiger partial charge is 0.444 e. The number of ether oxygens (including phenoxy) is 3. The first-order chi connectivity index (χ1) is 28.6. The lowest BCUT2D eigenvalue weighted by Crippen LogP contribution is -2.66. The Labute approximate surface area is 355 Å². The molecule has 1 aliphatic heterocycles. The van der Waals surface area contributed by atoms with Crippen molar-refractivity contribution in [3.63, 3.8) is 0 Å². The first-order valence-electron chi connectivity index (χ1n) is 20.6. The smallest absolute Gasteiger partial charge is 0.333 e. The van der Waals surface area contributed by atoms with Gasteiger partial charge in [0.15, 0.2) is 5.78 Å². The second kappa shape index (κ2) is 17.7. The molecule has 4 heterocycles. The van der Waals surface area contributed by atoms with Crippen molar-refractivity contribution in [1.29, 1.82) is 0 Å². The number of oxazole rings is 1. The van der Waals surface area contributed by atoms with Crippen molar-refractivity contribution >= 4 is 46.0 Å². The Morgan fingerprint density at radius 1 is 0.950 bits per heavy atom. The van der Waals surface area contributed by atoms with Crippen molar-refractivity contribution in [2.45, 2.75) is 110 Å². The van der Waals surface area contributed by atoms with E-state index < -0.39 is 36.2 Å². The molecule has 1 saturated heterocycles. The highest BCUT2D eigenvalue weighted by Crippen LogP contribution is 2.42. The summed E-state index contributed by atoms with van der Waals surface area (Å²) in [4.78, 5) is 63.7. The van der Waals surface area contributed by atoms with Gasteiger partial charge in [-0.2, -0.15) is 0 Å². The van der Waals surface area contributed by atoms with Crippen LogP contribution in [0.15, 0.2) is 111 Å². The van der Waals surface area contributed by atoms with E-state index in [1.807, 2.05) is 120 Å². The molecule has 1 atom stereocenters. The molecule has 316 valence electrons. The molecule has 0 saturated carbocycles. The van der Waals surface area contributed by atoms with Gasteiger partial charge in [0.25, 0.3) is 13.9 Å². The van der Waals surface area contributed by atoms with Gasteiger partial charge in [-0.1, -0.05) is 98.8 Å². The second-order valence-electron chi connectivity index (χ2n) is 17.1. The van der Waals surface area contributed by atoms with E-state index in [-0.39, 0.29) is 31.0 Å². The highest BCUT2D eigenvalue weighted by molar-refractivity contribution is 7.22. The standard InChI is InChI=1S/C47H55N3O8SSi/c1-31(2)57-30-33-16-14-15-21-37(33)38(58-34-22-25-55-26-23-34)29-49-44-40(32(3)41(59-44)42-48-24-27-56-42)43(52)50(45(49)53)47(6,7)39(51)28-46(4,5)60(54,35-17-10-8-11-18-35)36-19-12-9-13-20-36/h8-21,24,27,31,34,38,54H,22-23,25-26,28-30H2,1-7H3/t38-/m0/s1. The SMILES string of the molecule is Cc1c(-c2ncco2)sc2c1c(=O)n(C(C)(C)C(=O)CC(C)(C)[Si](O)(c1ccccc1)c1ccccc1)c(=O)n2C[C@H](OC1CCOCC1)c1ccccc1COC(C)C. The maximum atomic E-state index is 15.3. The van der Waals surface area contributed by atoms with E-state index in [2.05, 4.69) is 4.98 Å². The van der Waals surface area contributed by atoms with Gasteiger partial charge < -0.3 is 23.4 Å². The van der Waals surface area contributed by atoms with Gasteiger partial charge in [-0.25, -0.2) is 14.3 Å². The van der Waals surface area contributed by atoms with Crippen LogP contribution in [-0.4, -0.2) is 58.4 Å². The molecule has 6 aromatic rings. The molecule has 0 aliphatic carbocycles. The zero-order valence-electron chi connectivity index (χ0n) is 35.5. The van der Waals surface area contributed by atoms with Gasteiger partial charge in [0, 0.05) is 19.6 Å². The lowest BCUT2D eigenvalue weighted by atomic mass is 9.91. The Morgan fingerprint density at radius 2 is 1.57 bits per heavy atom. The highest BCUT2D eigenvalue weighted by Gasteiger charge is 2.52. The number of carbonyl (C=O) groups excluding carboxylic acids is 1. The summed E-state index contributed by atoms with van der Waals surface area (Å²) in [5.74, 6) is -0.0321. The lowest BCUT2D eigenvalue weighted by Gasteiger charge is -2.42. The van der Waals surface area contributed by atoms with Crippen LogP contribution in [0.2, 0.25) is 5.04 Å². The summed E-state index contributed by atoms with van der Waals surface area (Å²) in [7, 11) is -3.63. The first-order valence-corrected chi connectivity index (χ1v) is 23.4. The molecule has 1 fully saturated rings. The highest BCUT2D eigenvalue weighted by atomic mass is 32.1. The van der Waals surface area contributed by atoms with Gasteiger partial charge in [-0.15, -0.1) is 11.3 Å². The summed E-state index contributed by atoms with van der Waals surface area (Å²) < 4.78 is 27.1. The number of hydrogen-bond donors (Lipinski definition) is 1. The molecule has 0 unspecified atom stereocenters. The van der Waals surface area contributed by atoms with Crippen LogP contribution in [0.5, 0.6) is 0 Å². The topological polar surface area (TPSA) is 135 Å². The number of carbonyl (C=O) groups is 1. The molecule has 0 bridgehead atoms. The Kier molecular flexibility index (Phi) is 12.8. The Morgan fingerprint density at radius 3 is 2.17 bits per heavy atom. The van der Waals surface area contributed by atoms with Crippen molar-refractivity contribution in [1.82, 2.24) is 14.1 Å². The molecule has 0 amide bonds. The van der Waals surface area contributed by atoms with Gasteiger partial charge in [0.1, 0.15) is 22.7 Å². The van der Waals surface area contributed by atoms with Crippen LogP contribution in [0, 0.1) is 6.92 Å². The maximum absolute atomic E-state index is 15.3. The third kappa shape index (κ3) is 8.31. The normalized spacial score (nSPS) is 14.9. The molecule has 0 spiro atoms. The fourth-order valence-electron chi connectivity index (χ4n) is 8.38. The monoisotopic (exact) mass is 849 g/mol. The molecular formula is C47H55N3O8SSi. The van der Waals surface area contributed by atoms with Gasteiger partial charge in [0.2, 0.25) is 5.89 Å². The summed E-state index contributed by atoms with van der Waals surface area (Å²) in [6.45, 7) is 14.4.